The Morgan fingerprint density at radius 3 is 2.65 bits per heavy atom. The van der Waals surface area contributed by atoms with Crippen molar-refractivity contribution in [1.82, 2.24) is 4.57 Å². The fraction of sp³-hybridized carbons (Fsp3) is 0.368. The maximum Gasteiger partial charge on any atom is 0.342 e. The molecule has 2 aliphatic rings. The summed E-state index contributed by atoms with van der Waals surface area (Å²) in [4.78, 5) is 26.4. The summed E-state index contributed by atoms with van der Waals surface area (Å²) in [6, 6.07) is 1.22. The molecule has 7 heteroatoms. The molecule has 1 fully saturated rings. The molecule has 1 aromatic heterocycles. The van der Waals surface area contributed by atoms with Crippen LogP contribution in [-0.4, -0.2) is 28.7 Å². The van der Waals surface area contributed by atoms with Crippen LogP contribution in [-0.2, 0) is 0 Å². The van der Waals surface area contributed by atoms with Gasteiger partial charge in [0, 0.05) is 18.7 Å². The minimum absolute atomic E-state index is 0.00732. The van der Waals surface area contributed by atoms with Crippen LogP contribution in [0.2, 0.25) is 0 Å². The molecule has 1 saturated heterocycles. The van der Waals surface area contributed by atoms with E-state index in [0.717, 1.165) is 25.9 Å². The monoisotopic (exact) mass is 374 g/mol. The number of aromatic carboxylic acids is 1. The third kappa shape index (κ3) is 2.30. The second-order valence-corrected chi connectivity index (χ2v) is 7.92. The first kappa shape index (κ1) is 17.1. The Balaban J connectivity index is 2.17. The second-order valence-electron chi connectivity index (χ2n) is 6.61. The molecule has 0 aliphatic carbocycles. The lowest BCUT2D eigenvalue weighted by Gasteiger charge is -2.34. The molecular weight excluding hydrogens is 355 g/mol. The van der Waals surface area contributed by atoms with Gasteiger partial charge in [-0.05, 0) is 32.8 Å². The molecule has 1 aromatic carbocycles. The van der Waals surface area contributed by atoms with Crippen LogP contribution in [0.15, 0.2) is 22.0 Å². The normalized spacial score (nSPS) is 19.2. The maximum atomic E-state index is 15.0. The number of pyridine rings is 1. The Hall–Kier alpha value is -2.28. The number of thioether (sulfide) groups is 1. The lowest BCUT2D eigenvalue weighted by Crippen LogP contribution is -2.29. The Morgan fingerprint density at radius 1 is 1.38 bits per heavy atom. The van der Waals surface area contributed by atoms with Gasteiger partial charge >= 0.3 is 5.97 Å². The highest BCUT2D eigenvalue weighted by atomic mass is 32.2. The number of carboxylic acids is 1. The second kappa shape index (κ2) is 6.16. The van der Waals surface area contributed by atoms with Crippen molar-refractivity contribution in [3.8, 4) is 0 Å². The van der Waals surface area contributed by atoms with Gasteiger partial charge in [0.2, 0.25) is 5.43 Å². The third-order valence-electron chi connectivity index (χ3n) is 5.02. The predicted octanol–water partition coefficient (Wildman–Crippen LogP) is 4.10. The van der Waals surface area contributed by atoms with E-state index in [9.17, 15) is 14.7 Å². The van der Waals surface area contributed by atoms with Crippen molar-refractivity contribution < 1.29 is 14.3 Å². The van der Waals surface area contributed by atoms with Crippen LogP contribution < -0.4 is 10.3 Å². The summed E-state index contributed by atoms with van der Waals surface area (Å²) in [5.41, 5.74) is 0.917. The molecule has 1 unspecified atom stereocenters. The first-order valence-electron chi connectivity index (χ1n) is 8.68. The van der Waals surface area contributed by atoms with Crippen molar-refractivity contribution >= 4 is 40.4 Å². The summed E-state index contributed by atoms with van der Waals surface area (Å²) >= 11 is 1.36. The molecule has 5 nitrogen and oxygen atoms in total. The summed E-state index contributed by atoms with van der Waals surface area (Å²) in [5.74, 6) is -1.74. The zero-order chi connectivity index (χ0) is 18.6. The largest absolute Gasteiger partial charge is 0.477 e. The number of nitrogens with zero attached hydrogens (tertiary/aromatic N) is 2. The Kier molecular flexibility index (Phi) is 4.06. The number of aromatic nitrogens is 1. The smallest absolute Gasteiger partial charge is 0.342 e. The number of hydrogen-bond acceptors (Lipinski definition) is 4. The van der Waals surface area contributed by atoms with E-state index in [1.54, 1.807) is 0 Å². The van der Waals surface area contributed by atoms with Gasteiger partial charge in [0.05, 0.1) is 27.0 Å². The van der Waals surface area contributed by atoms with Gasteiger partial charge in [0.15, 0.2) is 0 Å². The van der Waals surface area contributed by atoms with Gasteiger partial charge in [-0.15, -0.1) is 0 Å². The number of allylic oxidation sites excluding steroid dienone is 1. The first-order chi connectivity index (χ1) is 12.5. The zero-order valence-electron chi connectivity index (χ0n) is 14.6. The molecule has 2 aliphatic heterocycles. The molecule has 26 heavy (non-hydrogen) atoms. The highest BCUT2D eigenvalue weighted by molar-refractivity contribution is 8.00. The van der Waals surface area contributed by atoms with E-state index >= 15 is 4.39 Å². The van der Waals surface area contributed by atoms with Crippen LogP contribution in [0.1, 0.15) is 48.0 Å². The minimum atomic E-state index is -1.27. The number of fused-ring (bicyclic) bond motifs is 3. The predicted molar refractivity (Wildman–Crippen MR) is 102 cm³/mol. The molecule has 0 saturated carbocycles. The molecule has 0 radical (unpaired) electrons. The molecule has 3 heterocycles. The van der Waals surface area contributed by atoms with Crippen molar-refractivity contribution in [1.29, 1.82) is 0 Å². The molecule has 0 spiro atoms. The van der Waals surface area contributed by atoms with Crippen molar-refractivity contribution in [3.05, 3.63) is 39.3 Å². The van der Waals surface area contributed by atoms with E-state index in [1.807, 2.05) is 35.5 Å². The van der Waals surface area contributed by atoms with E-state index < -0.39 is 17.2 Å². The molecule has 1 N–H and O–H groups in total. The van der Waals surface area contributed by atoms with Gasteiger partial charge in [-0.25, -0.2) is 9.18 Å². The van der Waals surface area contributed by atoms with Crippen LogP contribution in [0, 0.1) is 5.82 Å². The summed E-state index contributed by atoms with van der Waals surface area (Å²) < 4.78 is 16.9. The van der Waals surface area contributed by atoms with Gasteiger partial charge in [0.25, 0.3) is 0 Å². The molecule has 2 aromatic rings. The average molecular weight is 374 g/mol. The Labute approximate surface area is 154 Å². The van der Waals surface area contributed by atoms with E-state index in [1.165, 1.54) is 17.8 Å². The maximum absolute atomic E-state index is 15.0. The highest BCUT2D eigenvalue weighted by Crippen LogP contribution is 2.48. The van der Waals surface area contributed by atoms with E-state index in [-0.39, 0.29) is 16.3 Å². The topological polar surface area (TPSA) is 62.5 Å². The molecule has 0 amide bonds. The van der Waals surface area contributed by atoms with Crippen LogP contribution in [0.5, 0.6) is 0 Å². The van der Waals surface area contributed by atoms with Gasteiger partial charge < -0.3 is 14.6 Å². The number of hydrogen-bond donors (Lipinski definition) is 1. The van der Waals surface area contributed by atoms with Crippen LogP contribution in [0.3, 0.4) is 0 Å². The van der Waals surface area contributed by atoms with Gasteiger partial charge in [-0.2, -0.15) is 0 Å². The molecular formula is C19H19FN2O3S. The Bertz CT molecular complexity index is 1020. The molecule has 4 rings (SSSR count). The fourth-order valence-corrected chi connectivity index (χ4v) is 5.08. The average Bonchev–Trinajstić information content (AvgIpc) is 3.09. The molecule has 136 valence electrons. The summed E-state index contributed by atoms with van der Waals surface area (Å²) in [6.07, 6.45) is 5.67. The zero-order valence-corrected chi connectivity index (χ0v) is 15.4. The third-order valence-corrected chi connectivity index (χ3v) is 6.20. The first-order valence-corrected chi connectivity index (χ1v) is 9.56. The molecule has 0 bridgehead atoms. The lowest BCUT2D eigenvalue weighted by atomic mass is 10.0. The van der Waals surface area contributed by atoms with Crippen LogP contribution >= 0.6 is 11.8 Å². The van der Waals surface area contributed by atoms with Crippen molar-refractivity contribution in [2.45, 2.75) is 37.1 Å². The van der Waals surface area contributed by atoms with E-state index in [2.05, 4.69) is 0 Å². The SMILES string of the molecule is C/C=C\c1c(N2CCCC2)c(F)cc2c(=O)c(C(=O)O)c3n(c12)C(C)S3. The number of halogens is 1. The van der Waals surface area contributed by atoms with Crippen molar-refractivity contribution in [2.75, 3.05) is 18.0 Å². The van der Waals surface area contributed by atoms with E-state index in [4.69, 9.17) is 0 Å². The van der Waals surface area contributed by atoms with Gasteiger partial charge in [0.1, 0.15) is 11.4 Å². The number of carboxylic acid groups (broad SMARTS) is 1. The van der Waals surface area contributed by atoms with Gasteiger partial charge in [-0.3, -0.25) is 4.79 Å². The Morgan fingerprint density at radius 2 is 2.08 bits per heavy atom. The number of carbonyl (C=O) groups is 1. The number of anilines is 1. The van der Waals surface area contributed by atoms with Gasteiger partial charge in [-0.1, -0.05) is 23.9 Å². The molecule has 1 atom stereocenters. The highest BCUT2D eigenvalue weighted by Gasteiger charge is 2.35. The standard InChI is InChI=1S/C19H19FN2O3S/c1-3-6-11-15-12(9-13(20)16(11)21-7-4-5-8-21)17(23)14(19(24)25)18-22(15)10(2)26-18/h3,6,9-10H,4-5,7-8H2,1-2H3,(H,24,25)/b6-3-. The summed E-state index contributed by atoms with van der Waals surface area (Å²) in [7, 11) is 0. The fourth-order valence-electron chi connectivity index (χ4n) is 3.94. The van der Waals surface area contributed by atoms with Crippen LogP contribution in [0.25, 0.3) is 17.0 Å². The van der Waals surface area contributed by atoms with E-state index in [0.29, 0.717) is 21.8 Å². The lowest BCUT2D eigenvalue weighted by molar-refractivity contribution is 0.0689. The number of rotatable bonds is 3. The summed E-state index contributed by atoms with van der Waals surface area (Å²) in [5, 5.41) is 10.1. The minimum Gasteiger partial charge on any atom is -0.477 e. The van der Waals surface area contributed by atoms with Crippen LogP contribution in [0.4, 0.5) is 10.1 Å². The van der Waals surface area contributed by atoms with Crippen molar-refractivity contribution in [2.24, 2.45) is 0 Å². The number of benzene rings is 1. The van der Waals surface area contributed by atoms with Crippen molar-refractivity contribution in [3.63, 3.8) is 0 Å². The quantitative estimate of drug-likeness (QED) is 0.876. The summed E-state index contributed by atoms with van der Waals surface area (Å²) in [6.45, 7) is 5.36.